The minimum atomic E-state index is -1.21. The molecular weight excluding hydrogens is 580 g/mol. The van der Waals surface area contributed by atoms with Gasteiger partial charge in [0, 0.05) is 43.1 Å². The molecule has 9 nitrogen and oxygen atoms in total. The van der Waals surface area contributed by atoms with Crippen LogP contribution in [0.25, 0.3) is 11.0 Å². The molecular formula is C34H31F2N5O4. The Balaban J connectivity index is 1.10. The van der Waals surface area contributed by atoms with Gasteiger partial charge in [-0.1, -0.05) is 12.1 Å². The Labute approximate surface area is 258 Å². The van der Waals surface area contributed by atoms with E-state index in [9.17, 15) is 23.9 Å². The van der Waals surface area contributed by atoms with E-state index in [-0.39, 0.29) is 34.8 Å². The number of aromatic carboxylic acids is 1. The highest BCUT2D eigenvalue weighted by molar-refractivity contribution is 5.92. The predicted molar refractivity (Wildman–Crippen MR) is 159 cm³/mol. The van der Waals surface area contributed by atoms with Crippen molar-refractivity contribution in [3.05, 3.63) is 88.7 Å². The molecule has 6 rings (SSSR count). The van der Waals surface area contributed by atoms with Gasteiger partial charge in [0.15, 0.2) is 5.82 Å². The second-order valence-corrected chi connectivity index (χ2v) is 11.9. The lowest BCUT2D eigenvalue weighted by atomic mass is 10.0. The van der Waals surface area contributed by atoms with E-state index in [2.05, 4.69) is 16.0 Å². The highest BCUT2D eigenvalue weighted by Crippen LogP contribution is 2.50. The van der Waals surface area contributed by atoms with E-state index in [0.717, 1.165) is 31.7 Å². The van der Waals surface area contributed by atoms with Gasteiger partial charge in [0.05, 0.1) is 35.3 Å². The van der Waals surface area contributed by atoms with Crippen molar-refractivity contribution in [2.45, 2.75) is 57.9 Å². The van der Waals surface area contributed by atoms with Crippen molar-refractivity contribution in [1.82, 2.24) is 14.5 Å². The molecule has 2 aliphatic rings. The fourth-order valence-corrected chi connectivity index (χ4v) is 5.83. The quantitative estimate of drug-likeness (QED) is 0.213. The average Bonchev–Trinajstić information content (AvgIpc) is 3.71. The second-order valence-electron chi connectivity index (χ2n) is 11.9. The van der Waals surface area contributed by atoms with Crippen LogP contribution in [0, 0.1) is 39.7 Å². The highest BCUT2D eigenvalue weighted by Gasteiger charge is 2.43. The van der Waals surface area contributed by atoms with Crippen molar-refractivity contribution >= 4 is 17.0 Å². The number of hydrogen-bond acceptors (Lipinski definition) is 7. The Hall–Kier alpha value is -5.00. The number of fused-ring (bicyclic) bond motifs is 1. The van der Waals surface area contributed by atoms with Gasteiger partial charge >= 0.3 is 5.97 Å². The van der Waals surface area contributed by atoms with Gasteiger partial charge in [-0.3, -0.25) is 4.90 Å². The zero-order chi connectivity index (χ0) is 31.6. The minimum Gasteiger partial charge on any atom is -0.490 e. The molecule has 2 fully saturated rings. The number of halogens is 2. The number of rotatable bonds is 11. The van der Waals surface area contributed by atoms with E-state index < -0.39 is 17.6 Å². The molecule has 1 aromatic heterocycles. The summed E-state index contributed by atoms with van der Waals surface area (Å²) in [6, 6.07) is 18.1. The monoisotopic (exact) mass is 611 g/mol. The topological polar surface area (TPSA) is 124 Å². The summed E-state index contributed by atoms with van der Waals surface area (Å²) in [5, 5.41) is 27.8. The van der Waals surface area contributed by atoms with Crippen LogP contribution in [0.3, 0.4) is 0 Å². The first-order chi connectivity index (χ1) is 21.8. The third-order valence-corrected chi connectivity index (χ3v) is 8.62. The molecule has 0 unspecified atom stereocenters. The number of nitriles is 2. The molecule has 0 amide bonds. The normalized spacial score (nSPS) is 16.2. The van der Waals surface area contributed by atoms with E-state index in [1.54, 1.807) is 18.2 Å². The maximum absolute atomic E-state index is 15.0. The Morgan fingerprint density at radius 2 is 1.82 bits per heavy atom. The number of carboxylic acid groups (broad SMARTS) is 1. The van der Waals surface area contributed by atoms with Crippen LogP contribution in [0.2, 0.25) is 0 Å². The lowest BCUT2D eigenvalue weighted by molar-refractivity contribution is 0.0696. The van der Waals surface area contributed by atoms with Crippen LogP contribution < -0.4 is 9.47 Å². The van der Waals surface area contributed by atoms with Crippen molar-refractivity contribution < 1.29 is 28.2 Å². The van der Waals surface area contributed by atoms with Crippen LogP contribution in [0.1, 0.15) is 59.4 Å². The molecule has 3 aromatic carbocycles. The summed E-state index contributed by atoms with van der Waals surface area (Å²) < 4.78 is 43.2. The van der Waals surface area contributed by atoms with Gasteiger partial charge in [0.2, 0.25) is 0 Å². The highest BCUT2D eigenvalue weighted by atomic mass is 19.1. The van der Waals surface area contributed by atoms with Gasteiger partial charge in [-0.15, -0.1) is 0 Å². The van der Waals surface area contributed by atoms with E-state index in [1.165, 1.54) is 18.2 Å². The average molecular weight is 612 g/mol. The standard InChI is InChI=1S/C34H31F2N5O4/c35-28-14-22(18-38)4-5-23(28)20-44-26-2-1-3-27(17-26)45-25-6-12-40(13-7-25)19-31-39-32-29(36)15-24(33(42)43)16-30(32)41(31)21-34(8-9-34)10-11-37/h1-5,14-17,25H,6-10,12-13,19-21H2,(H,42,43). The molecule has 1 aliphatic carbocycles. The predicted octanol–water partition coefficient (Wildman–Crippen LogP) is 6.20. The molecule has 2 heterocycles. The SMILES string of the molecule is N#CCC1(Cn2c(CN3CCC(Oc4cccc(OCc5ccc(C#N)cc5F)c4)CC3)nc3c(F)cc(C(=O)O)cc32)CC1. The number of ether oxygens (including phenoxy) is 2. The molecule has 0 atom stereocenters. The number of piperidine rings is 1. The molecule has 230 valence electrons. The Morgan fingerprint density at radius 1 is 1.04 bits per heavy atom. The van der Waals surface area contributed by atoms with Gasteiger partial charge in [0.1, 0.15) is 41.4 Å². The number of hydrogen-bond donors (Lipinski definition) is 1. The number of benzene rings is 3. The van der Waals surface area contributed by atoms with E-state index in [0.29, 0.717) is 61.0 Å². The van der Waals surface area contributed by atoms with Crippen molar-refractivity contribution in [2.24, 2.45) is 5.41 Å². The van der Waals surface area contributed by atoms with Gasteiger partial charge in [0.25, 0.3) is 0 Å². The van der Waals surface area contributed by atoms with E-state index >= 15 is 0 Å². The van der Waals surface area contributed by atoms with Crippen LogP contribution in [-0.2, 0) is 19.7 Å². The summed E-state index contributed by atoms with van der Waals surface area (Å²) in [7, 11) is 0. The number of carboxylic acids is 1. The van der Waals surface area contributed by atoms with Crippen LogP contribution in [0.15, 0.2) is 54.6 Å². The first-order valence-corrected chi connectivity index (χ1v) is 14.9. The summed E-state index contributed by atoms with van der Waals surface area (Å²) >= 11 is 0. The Bertz CT molecular complexity index is 1830. The lowest BCUT2D eigenvalue weighted by Gasteiger charge is -2.32. The minimum absolute atomic E-state index is 0.0172. The Morgan fingerprint density at radius 3 is 2.51 bits per heavy atom. The van der Waals surface area contributed by atoms with Crippen LogP contribution >= 0.6 is 0 Å². The summed E-state index contributed by atoms with van der Waals surface area (Å²) in [6.07, 6.45) is 3.63. The van der Waals surface area contributed by atoms with Gasteiger partial charge in [-0.25, -0.2) is 18.6 Å². The number of carbonyl (C=O) groups is 1. The fraction of sp³-hybridized carbons (Fsp3) is 0.353. The first-order valence-electron chi connectivity index (χ1n) is 14.9. The van der Waals surface area contributed by atoms with E-state index in [4.69, 9.17) is 14.7 Å². The largest absolute Gasteiger partial charge is 0.490 e. The molecule has 45 heavy (non-hydrogen) atoms. The molecule has 0 radical (unpaired) electrons. The van der Waals surface area contributed by atoms with Crippen molar-refractivity contribution in [3.63, 3.8) is 0 Å². The molecule has 0 spiro atoms. The number of nitrogens with zero attached hydrogens (tertiary/aromatic N) is 5. The summed E-state index contributed by atoms with van der Waals surface area (Å²) in [5.41, 5.74) is 0.859. The maximum atomic E-state index is 15.0. The first kappa shape index (κ1) is 30.0. The fourth-order valence-electron chi connectivity index (χ4n) is 5.83. The van der Waals surface area contributed by atoms with Crippen LogP contribution in [-0.4, -0.2) is 44.7 Å². The zero-order valence-electron chi connectivity index (χ0n) is 24.5. The van der Waals surface area contributed by atoms with Crippen molar-refractivity contribution in [3.8, 4) is 23.6 Å². The Kier molecular flexibility index (Phi) is 8.38. The molecule has 1 N–H and O–H groups in total. The third kappa shape index (κ3) is 6.74. The zero-order valence-corrected chi connectivity index (χ0v) is 24.5. The third-order valence-electron chi connectivity index (χ3n) is 8.62. The molecule has 1 aliphatic heterocycles. The molecule has 1 saturated carbocycles. The number of aromatic nitrogens is 2. The van der Waals surface area contributed by atoms with Crippen LogP contribution in [0.4, 0.5) is 8.78 Å². The summed E-state index contributed by atoms with van der Waals surface area (Å²) in [6.45, 7) is 2.40. The van der Waals surface area contributed by atoms with Gasteiger partial charge < -0.3 is 19.1 Å². The maximum Gasteiger partial charge on any atom is 0.335 e. The lowest BCUT2D eigenvalue weighted by Crippen LogP contribution is -2.38. The van der Waals surface area contributed by atoms with Crippen molar-refractivity contribution in [2.75, 3.05) is 13.1 Å². The second kappa shape index (κ2) is 12.5. The smallest absolute Gasteiger partial charge is 0.335 e. The van der Waals surface area contributed by atoms with Gasteiger partial charge in [-0.2, -0.15) is 10.5 Å². The molecule has 0 bridgehead atoms. The van der Waals surface area contributed by atoms with E-state index in [1.807, 2.05) is 22.8 Å². The molecule has 1 saturated heterocycles. The molecule has 11 heteroatoms. The van der Waals surface area contributed by atoms with Crippen LogP contribution in [0.5, 0.6) is 11.5 Å². The number of imidazole rings is 1. The van der Waals surface area contributed by atoms with Gasteiger partial charge in [-0.05, 0) is 62.1 Å². The number of likely N-dealkylation sites (tertiary alicyclic amines) is 1. The van der Waals surface area contributed by atoms with Crippen molar-refractivity contribution in [1.29, 1.82) is 10.5 Å². The summed E-state index contributed by atoms with van der Waals surface area (Å²) in [5.74, 6) is -0.537. The summed E-state index contributed by atoms with van der Waals surface area (Å²) in [4.78, 5) is 18.5. The molecule has 4 aromatic rings.